The second kappa shape index (κ2) is 5.38. The Bertz CT molecular complexity index is 200. The van der Waals surface area contributed by atoms with Gasteiger partial charge in [0.25, 0.3) is 0 Å². The average Bonchev–Trinajstić information content (AvgIpc) is 2.96. The van der Waals surface area contributed by atoms with E-state index < -0.39 is 0 Å². The molecule has 2 saturated carbocycles. The molecular formula is C16H28. The highest BCUT2D eigenvalue weighted by Gasteiger charge is 2.42. The van der Waals surface area contributed by atoms with Crippen LogP contribution in [0.2, 0.25) is 0 Å². The minimum atomic E-state index is 0.640. The third kappa shape index (κ3) is 2.36. The summed E-state index contributed by atoms with van der Waals surface area (Å²) in [6.45, 7) is 6.52. The van der Waals surface area contributed by atoms with Crippen LogP contribution in [0.3, 0.4) is 0 Å². The molecule has 2 fully saturated rings. The van der Waals surface area contributed by atoms with Gasteiger partial charge in [-0.05, 0) is 55.8 Å². The first-order valence-electron chi connectivity index (χ1n) is 7.38. The fourth-order valence-electron chi connectivity index (χ4n) is 4.33. The van der Waals surface area contributed by atoms with E-state index >= 15 is 0 Å². The van der Waals surface area contributed by atoms with Gasteiger partial charge in [-0.25, -0.2) is 0 Å². The molecule has 0 amide bonds. The van der Waals surface area contributed by atoms with E-state index in [1.807, 2.05) is 0 Å². The first-order chi connectivity index (χ1) is 7.77. The highest BCUT2D eigenvalue weighted by atomic mass is 14.5. The molecule has 0 aromatic rings. The molecule has 0 radical (unpaired) electrons. The molecule has 0 spiro atoms. The maximum atomic E-state index is 3.92. The second-order valence-corrected chi connectivity index (χ2v) is 6.30. The Kier molecular flexibility index (Phi) is 4.10. The zero-order valence-corrected chi connectivity index (χ0v) is 11.0. The molecule has 0 N–H and O–H groups in total. The lowest BCUT2D eigenvalue weighted by Gasteiger charge is -2.41. The summed E-state index contributed by atoms with van der Waals surface area (Å²) in [6.07, 6.45) is 16.7. The molecule has 0 bridgehead atoms. The van der Waals surface area contributed by atoms with Crippen molar-refractivity contribution in [1.82, 2.24) is 0 Å². The Hall–Kier alpha value is -0.260. The zero-order chi connectivity index (χ0) is 11.4. The van der Waals surface area contributed by atoms with Crippen LogP contribution >= 0.6 is 0 Å². The lowest BCUT2D eigenvalue weighted by Crippen LogP contribution is -2.33. The summed E-state index contributed by atoms with van der Waals surface area (Å²) in [5.41, 5.74) is 0.640. The van der Waals surface area contributed by atoms with Gasteiger partial charge in [-0.3, -0.25) is 0 Å². The summed E-state index contributed by atoms with van der Waals surface area (Å²) in [6, 6.07) is 0. The van der Waals surface area contributed by atoms with Crippen molar-refractivity contribution in [3.05, 3.63) is 12.7 Å². The maximum Gasteiger partial charge on any atom is -0.0266 e. The van der Waals surface area contributed by atoms with Crippen molar-refractivity contribution in [3.8, 4) is 0 Å². The molecule has 0 nitrogen and oxygen atoms in total. The van der Waals surface area contributed by atoms with Crippen LogP contribution in [0.1, 0.15) is 71.1 Å². The normalized spacial score (nSPS) is 24.1. The van der Waals surface area contributed by atoms with Gasteiger partial charge in [-0.1, -0.05) is 38.7 Å². The fraction of sp³-hybridized carbons (Fsp3) is 0.875. The van der Waals surface area contributed by atoms with E-state index in [1.165, 1.54) is 64.2 Å². The van der Waals surface area contributed by atoms with Crippen LogP contribution in [0.5, 0.6) is 0 Å². The van der Waals surface area contributed by atoms with Gasteiger partial charge in [0.1, 0.15) is 0 Å². The molecule has 0 aromatic carbocycles. The van der Waals surface area contributed by atoms with E-state index in [9.17, 15) is 0 Å². The van der Waals surface area contributed by atoms with Gasteiger partial charge in [-0.2, -0.15) is 0 Å². The van der Waals surface area contributed by atoms with E-state index in [2.05, 4.69) is 19.6 Å². The lowest BCUT2D eigenvalue weighted by atomic mass is 9.64. The molecule has 0 aromatic heterocycles. The van der Waals surface area contributed by atoms with Crippen molar-refractivity contribution in [2.24, 2.45) is 17.3 Å². The highest BCUT2D eigenvalue weighted by Crippen LogP contribution is 2.52. The molecule has 0 saturated heterocycles. The number of rotatable bonds is 5. The molecule has 16 heavy (non-hydrogen) atoms. The third-order valence-corrected chi connectivity index (χ3v) is 5.46. The smallest absolute Gasteiger partial charge is 0.0266 e. The molecule has 2 aliphatic carbocycles. The minimum absolute atomic E-state index is 0.640. The Morgan fingerprint density at radius 1 is 1.00 bits per heavy atom. The Morgan fingerprint density at radius 3 is 1.81 bits per heavy atom. The van der Waals surface area contributed by atoms with Gasteiger partial charge in [0.05, 0.1) is 0 Å². The third-order valence-electron chi connectivity index (χ3n) is 5.46. The van der Waals surface area contributed by atoms with Crippen LogP contribution in [0.15, 0.2) is 12.7 Å². The standard InChI is InChI=1S/C16H28/c1-3-4-13-16(2,14-9-5-6-10-14)15-11-7-8-12-15/h3,14-15H,1,4-13H2,2H3. The van der Waals surface area contributed by atoms with E-state index in [4.69, 9.17) is 0 Å². The SMILES string of the molecule is C=CCCC(C)(C1CCCC1)C1CCCC1. The molecule has 0 aliphatic heterocycles. The molecule has 2 rings (SSSR count). The average molecular weight is 220 g/mol. The Morgan fingerprint density at radius 2 is 1.44 bits per heavy atom. The first-order valence-corrected chi connectivity index (χ1v) is 7.38. The van der Waals surface area contributed by atoms with Gasteiger partial charge >= 0.3 is 0 Å². The van der Waals surface area contributed by atoms with Gasteiger partial charge in [-0.15, -0.1) is 6.58 Å². The number of hydrogen-bond donors (Lipinski definition) is 0. The maximum absolute atomic E-state index is 3.92. The van der Waals surface area contributed by atoms with Gasteiger partial charge in [0, 0.05) is 0 Å². The van der Waals surface area contributed by atoms with Gasteiger partial charge in [0.15, 0.2) is 0 Å². The predicted octanol–water partition coefficient (Wildman–Crippen LogP) is 5.34. The number of allylic oxidation sites excluding steroid dienone is 1. The largest absolute Gasteiger partial charge is 0.103 e. The Balaban J connectivity index is 2.06. The summed E-state index contributed by atoms with van der Waals surface area (Å²) < 4.78 is 0. The van der Waals surface area contributed by atoms with E-state index in [1.54, 1.807) is 0 Å². The zero-order valence-electron chi connectivity index (χ0n) is 11.0. The molecule has 0 unspecified atom stereocenters. The van der Waals surface area contributed by atoms with Crippen LogP contribution in [0.4, 0.5) is 0 Å². The van der Waals surface area contributed by atoms with Crippen LogP contribution < -0.4 is 0 Å². The van der Waals surface area contributed by atoms with Crippen molar-refractivity contribution in [2.75, 3.05) is 0 Å². The monoisotopic (exact) mass is 220 g/mol. The van der Waals surface area contributed by atoms with Crippen molar-refractivity contribution >= 4 is 0 Å². The second-order valence-electron chi connectivity index (χ2n) is 6.30. The number of hydrogen-bond acceptors (Lipinski definition) is 0. The van der Waals surface area contributed by atoms with Crippen molar-refractivity contribution in [1.29, 1.82) is 0 Å². The van der Waals surface area contributed by atoms with E-state index in [0.29, 0.717) is 5.41 Å². The van der Waals surface area contributed by atoms with Gasteiger partial charge in [0.2, 0.25) is 0 Å². The van der Waals surface area contributed by atoms with Crippen molar-refractivity contribution in [2.45, 2.75) is 71.1 Å². The summed E-state index contributed by atoms with van der Waals surface area (Å²) >= 11 is 0. The molecule has 0 heteroatoms. The molecule has 0 heterocycles. The van der Waals surface area contributed by atoms with E-state index in [0.717, 1.165) is 11.8 Å². The summed E-state index contributed by atoms with van der Waals surface area (Å²) in [5.74, 6) is 2.05. The van der Waals surface area contributed by atoms with Crippen LogP contribution in [-0.2, 0) is 0 Å². The van der Waals surface area contributed by atoms with Gasteiger partial charge < -0.3 is 0 Å². The Labute approximate surface area is 102 Å². The first kappa shape index (κ1) is 12.2. The van der Waals surface area contributed by atoms with E-state index in [-0.39, 0.29) is 0 Å². The van der Waals surface area contributed by atoms with Crippen molar-refractivity contribution < 1.29 is 0 Å². The van der Waals surface area contributed by atoms with Crippen LogP contribution in [-0.4, -0.2) is 0 Å². The van der Waals surface area contributed by atoms with Crippen molar-refractivity contribution in [3.63, 3.8) is 0 Å². The topological polar surface area (TPSA) is 0 Å². The lowest BCUT2D eigenvalue weighted by molar-refractivity contribution is 0.0860. The minimum Gasteiger partial charge on any atom is -0.103 e. The fourth-order valence-corrected chi connectivity index (χ4v) is 4.33. The summed E-state index contributed by atoms with van der Waals surface area (Å²) in [5, 5.41) is 0. The molecular weight excluding hydrogens is 192 g/mol. The summed E-state index contributed by atoms with van der Waals surface area (Å²) in [4.78, 5) is 0. The predicted molar refractivity (Wildman–Crippen MR) is 71.5 cm³/mol. The highest BCUT2D eigenvalue weighted by molar-refractivity contribution is 4.93. The molecule has 92 valence electrons. The molecule has 2 aliphatic rings. The van der Waals surface area contributed by atoms with Crippen LogP contribution in [0.25, 0.3) is 0 Å². The van der Waals surface area contributed by atoms with Crippen LogP contribution in [0, 0.1) is 17.3 Å². The quantitative estimate of drug-likeness (QED) is 0.549. The summed E-state index contributed by atoms with van der Waals surface area (Å²) in [7, 11) is 0. The molecule has 0 atom stereocenters.